The Labute approximate surface area is 184 Å². The number of aromatic amines is 1. The van der Waals surface area contributed by atoms with Crippen molar-refractivity contribution < 1.29 is 4.79 Å². The molecule has 31 heavy (non-hydrogen) atoms. The Hall–Kier alpha value is -3.14. The van der Waals surface area contributed by atoms with Crippen molar-refractivity contribution in [3.8, 4) is 0 Å². The number of amides is 1. The van der Waals surface area contributed by atoms with E-state index in [9.17, 15) is 4.79 Å². The molecule has 2 aromatic heterocycles. The SMILES string of the molecule is Cc1cc(Nc2nc(NC3CC3)nc(Sc3ccc(N(C)C(=O)C4CC4)cc3)n2)n[nH]1. The summed E-state index contributed by atoms with van der Waals surface area (Å²) in [4.78, 5) is 28.6. The normalized spacial score (nSPS) is 15.5. The predicted octanol–water partition coefficient (Wildman–Crippen LogP) is 3.75. The maximum absolute atomic E-state index is 12.3. The number of aromatic nitrogens is 5. The van der Waals surface area contributed by atoms with Gasteiger partial charge in [-0.15, -0.1) is 0 Å². The zero-order valence-electron chi connectivity index (χ0n) is 17.4. The maximum atomic E-state index is 12.3. The molecule has 0 atom stereocenters. The largest absolute Gasteiger partial charge is 0.351 e. The van der Waals surface area contributed by atoms with E-state index in [4.69, 9.17) is 0 Å². The number of carbonyl (C=O) groups excluding carboxylic acids is 1. The molecule has 0 bridgehead atoms. The second-order valence-corrected chi connectivity index (χ2v) is 9.05. The number of hydrogen-bond donors (Lipinski definition) is 3. The van der Waals surface area contributed by atoms with Crippen LogP contribution in [-0.4, -0.2) is 44.1 Å². The van der Waals surface area contributed by atoms with Crippen LogP contribution >= 0.6 is 11.8 Å². The number of hydrogen-bond acceptors (Lipinski definition) is 8. The average Bonchev–Trinajstić information content (AvgIpc) is 3.68. The summed E-state index contributed by atoms with van der Waals surface area (Å²) < 4.78 is 0. The number of H-pyrrole nitrogens is 1. The van der Waals surface area contributed by atoms with Gasteiger partial charge in [0.2, 0.25) is 17.8 Å². The summed E-state index contributed by atoms with van der Waals surface area (Å²) in [6.07, 6.45) is 4.26. The Morgan fingerprint density at radius 1 is 1.10 bits per heavy atom. The highest BCUT2D eigenvalue weighted by Crippen LogP contribution is 2.33. The summed E-state index contributed by atoms with van der Waals surface area (Å²) in [5.41, 5.74) is 1.84. The summed E-state index contributed by atoms with van der Waals surface area (Å²) in [5.74, 6) is 2.05. The molecule has 2 saturated carbocycles. The lowest BCUT2D eigenvalue weighted by atomic mass is 10.2. The first-order valence-corrected chi connectivity index (χ1v) is 11.2. The Morgan fingerprint density at radius 2 is 1.84 bits per heavy atom. The standard InChI is InChI=1S/C21H24N8OS/c1-12-11-17(28-27-12)23-20-24-19(22-14-5-6-14)25-21(26-20)31-16-9-7-15(8-10-16)29(2)18(30)13-3-4-13/h7-11,13-14H,3-6H2,1-2H3,(H3,22,23,24,25,26,27,28). The van der Waals surface area contributed by atoms with Gasteiger partial charge >= 0.3 is 0 Å². The molecule has 0 spiro atoms. The fourth-order valence-corrected chi connectivity index (χ4v) is 3.85. The lowest BCUT2D eigenvalue weighted by Crippen LogP contribution is -2.27. The van der Waals surface area contributed by atoms with E-state index in [0.29, 0.717) is 28.9 Å². The van der Waals surface area contributed by atoms with Crippen LogP contribution < -0.4 is 15.5 Å². The first kappa shape index (κ1) is 19.8. The van der Waals surface area contributed by atoms with Crippen molar-refractivity contribution in [2.75, 3.05) is 22.6 Å². The quantitative estimate of drug-likeness (QED) is 0.490. The zero-order chi connectivity index (χ0) is 21.4. The minimum Gasteiger partial charge on any atom is -0.351 e. The molecule has 2 aliphatic carbocycles. The van der Waals surface area contributed by atoms with E-state index >= 15 is 0 Å². The number of carbonyl (C=O) groups is 1. The lowest BCUT2D eigenvalue weighted by molar-refractivity contribution is -0.119. The summed E-state index contributed by atoms with van der Waals surface area (Å²) in [6.45, 7) is 1.94. The predicted molar refractivity (Wildman–Crippen MR) is 120 cm³/mol. The summed E-state index contributed by atoms with van der Waals surface area (Å²) >= 11 is 1.45. The summed E-state index contributed by atoms with van der Waals surface area (Å²) in [5, 5.41) is 14.2. The molecule has 1 amide bonds. The van der Waals surface area contributed by atoms with Gasteiger partial charge in [0, 0.05) is 41.4 Å². The molecule has 0 aliphatic heterocycles. The number of nitrogens with one attached hydrogen (secondary N) is 3. The third-order valence-electron chi connectivity index (χ3n) is 5.16. The number of aryl methyl sites for hydroxylation is 1. The lowest BCUT2D eigenvalue weighted by Gasteiger charge is -2.17. The van der Waals surface area contributed by atoms with Crippen molar-refractivity contribution in [1.29, 1.82) is 0 Å². The van der Waals surface area contributed by atoms with E-state index in [-0.39, 0.29) is 11.8 Å². The molecule has 2 heterocycles. The van der Waals surface area contributed by atoms with E-state index < -0.39 is 0 Å². The molecule has 5 rings (SSSR count). The highest BCUT2D eigenvalue weighted by Gasteiger charge is 2.32. The van der Waals surface area contributed by atoms with E-state index in [1.807, 2.05) is 44.3 Å². The van der Waals surface area contributed by atoms with Crippen molar-refractivity contribution in [2.24, 2.45) is 5.92 Å². The molecule has 2 aliphatic rings. The first-order chi connectivity index (χ1) is 15.0. The third-order valence-corrected chi connectivity index (χ3v) is 6.03. The topological polar surface area (TPSA) is 112 Å². The Kier molecular flexibility index (Phi) is 5.23. The van der Waals surface area contributed by atoms with Gasteiger partial charge in [0.15, 0.2) is 11.0 Å². The van der Waals surface area contributed by atoms with E-state index in [1.165, 1.54) is 11.8 Å². The Morgan fingerprint density at radius 3 is 2.48 bits per heavy atom. The second kappa shape index (κ2) is 8.18. The molecular formula is C21H24N8OS. The molecule has 0 saturated heterocycles. The molecule has 9 nitrogen and oxygen atoms in total. The van der Waals surface area contributed by atoms with Gasteiger partial charge in [0.05, 0.1) is 0 Å². The van der Waals surface area contributed by atoms with Gasteiger partial charge in [0.1, 0.15) is 0 Å². The van der Waals surface area contributed by atoms with E-state index in [0.717, 1.165) is 42.0 Å². The third kappa shape index (κ3) is 4.96. The molecular weight excluding hydrogens is 412 g/mol. The molecule has 2 fully saturated rings. The average molecular weight is 437 g/mol. The second-order valence-electron chi connectivity index (χ2n) is 8.01. The fourth-order valence-electron chi connectivity index (χ4n) is 3.10. The van der Waals surface area contributed by atoms with Gasteiger partial charge < -0.3 is 15.5 Å². The Bertz CT molecular complexity index is 1090. The number of rotatable bonds is 8. The van der Waals surface area contributed by atoms with Crippen LogP contribution in [-0.2, 0) is 4.79 Å². The van der Waals surface area contributed by atoms with Crippen molar-refractivity contribution in [3.05, 3.63) is 36.0 Å². The molecule has 0 radical (unpaired) electrons. The highest BCUT2D eigenvalue weighted by molar-refractivity contribution is 7.99. The first-order valence-electron chi connectivity index (χ1n) is 10.4. The van der Waals surface area contributed by atoms with Crippen LogP contribution in [0.5, 0.6) is 0 Å². The van der Waals surface area contributed by atoms with Gasteiger partial charge in [-0.3, -0.25) is 9.89 Å². The van der Waals surface area contributed by atoms with Gasteiger partial charge in [-0.05, 0) is 68.6 Å². The van der Waals surface area contributed by atoms with Crippen molar-refractivity contribution in [2.45, 2.75) is 48.7 Å². The van der Waals surface area contributed by atoms with Crippen molar-refractivity contribution in [3.63, 3.8) is 0 Å². The van der Waals surface area contributed by atoms with Crippen molar-refractivity contribution >= 4 is 41.1 Å². The molecule has 1 aromatic carbocycles. The van der Waals surface area contributed by atoms with Crippen LogP contribution in [0, 0.1) is 12.8 Å². The number of nitrogens with zero attached hydrogens (tertiary/aromatic N) is 5. The molecule has 160 valence electrons. The van der Waals surface area contributed by atoms with Gasteiger partial charge in [-0.2, -0.15) is 20.1 Å². The fraction of sp³-hybridized carbons (Fsp3) is 0.381. The van der Waals surface area contributed by atoms with E-state index in [1.54, 1.807) is 4.90 Å². The molecule has 0 unspecified atom stereocenters. The minimum atomic E-state index is 0.193. The molecule has 10 heteroatoms. The van der Waals surface area contributed by atoms with Crippen LogP contribution in [0.3, 0.4) is 0 Å². The van der Waals surface area contributed by atoms with Crippen LogP contribution in [0.1, 0.15) is 31.4 Å². The van der Waals surface area contributed by atoms with Crippen LogP contribution in [0.15, 0.2) is 40.4 Å². The van der Waals surface area contributed by atoms with E-state index in [2.05, 4.69) is 35.8 Å². The highest BCUT2D eigenvalue weighted by atomic mass is 32.2. The monoisotopic (exact) mass is 436 g/mol. The number of benzene rings is 1. The van der Waals surface area contributed by atoms with Gasteiger partial charge in [-0.1, -0.05) is 0 Å². The van der Waals surface area contributed by atoms with Crippen LogP contribution in [0.25, 0.3) is 0 Å². The molecule has 3 aromatic rings. The smallest absolute Gasteiger partial charge is 0.234 e. The Balaban J connectivity index is 1.33. The maximum Gasteiger partial charge on any atom is 0.234 e. The summed E-state index contributed by atoms with van der Waals surface area (Å²) in [7, 11) is 1.83. The zero-order valence-corrected chi connectivity index (χ0v) is 18.2. The van der Waals surface area contributed by atoms with Crippen LogP contribution in [0.2, 0.25) is 0 Å². The number of anilines is 4. The molecule has 3 N–H and O–H groups in total. The summed E-state index contributed by atoms with van der Waals surface area (Å²) in [6, 6.07) is 10.2. The van der Waals surface area contributed by atoms with Crippen molar-refractivity contribution in [1.82, 2.24) is 25.1 Å². The van der Waals surface area contributed by atoms with Gasteiger partial charge in [0.25, 0.3) is 0 Å². The van der Waals surface area contributed by atoms with Gasteiger partial charge in [-0.25, -0.2) is 0 Å². The minimum absolute atomic E-state index is 0.193. The van der Waals surface area contributed by atoms with Crippen LogP contribution in [0.4, 0.5) is 23.4 Å².